The van der Waals surface area contributed by atoms with Crippen LogP contribution in [-0.4, -0.2) is 25.8 Å². The maximum Gasteiger partial charge on any atom is 0.323 e. The summed E-state index contributed by atoms with van der Waals surface area (Å²) in [6, 6.07) is 10.8. The van der Waals surface area contributed by atoms with Crippen LogP contribution in [0.4, 0.5) is 16.2 Å². The normalized spacial score (nSPS) is 10.2. The van der Waals surface area contributed by atoms with E-state index in [2.05, 4.69) is 25.8 Å². The van der Waals surface area contributed by atoms with Crippen molar-refractivity contribution in [1.82, 2.24) is 19.7 Å². The Morgan fingerprint density at radius 3 is 2.50 bits per heavy atom. The lowest BCUT2D eigenvalue weighted by atomic mass is 10.2. The zero-order chi connectivity index (χ0) is 15.4. The van der Waals surface area contributed by atoms with Gasteiger partial charge >= 0.3 is 6.03 Å². The number of amides is 2. The van der Waals surface area contributed by atoms with E-state index in [1.165, 1.54) is 0 Å². The second kappa shape index (κ2) is 6.04. The third-order valence-electron chi connectivity index (χ3n) is 2.96. The standard InChI is InChI=1S/C15H14N6O/c1-11-3-2-4-12(7-11)19-15(22)20-13-5-6-14(16-8-13)21-9-17-18-10-21/h2-10H,1H3,(H2,19,20,22). The quantitative estimate of drug-likeness (QED) is 0.777. The molecule has 0 bridgehead atoms. The lowest BCUT2D eigenvalue weighted by Gasteiger charge is -2.08. The number of nitrogens with one attached hydrogen (secondary N) is 2. The molecular weight excluding hydrogens is 280 g/mol. The number of pyridine rings is 1. The molecule has 0 aliphatic carbocycles. The van der Waals surface area contributed by atoms with E-state index in [-0.39, 0.29) is 6.03 Å². The number of aryl methyl sites for hydroxylation is 1. The van der Waals surface area contributed by atoms with E-state index >= 15 is 0 Å². The first-order valence-electron chi connectivity index (χ1n) is 6.66. The fraction of sp³-hybridized carbons (Fsp3) is 0.0667. The highest BCUT2D eigenvalue weighted by Gasteiger charge is 2.04. The van der Waals surface area contributed by atoms with Gasteiger partial charge in [0.25, 0.3) is 0 Å². The summed E-state index contributed by atoms with van der Waals surface area (Å²) >= 11 is 0. The molecule has 0 aliphatic heterocycles. The summed E-state index contributed by atoms with van der Waals surface area (Å²) in [6.07, 6.45) is 4.69. The van der Waals surface area contributed by atoms with Crippen LogP contribution in [0.1, 0.15) is 5.56 Å². The van der Waals surface area contributed by atoms with Crippen LogP contribution in [0.2, 0.25) is 0 Å². The van der Waals surface area contributed by atoms with Crippen LogP contribution in [0.25, 0.3) is 5.82 Å². The molecule has 0 saturated heterocycles. The van der Waals surface area contributed by atoms with E-state index in [0.717, 1.165) is 11.3 Å². The van der Waals surface area contributed by atoms with Gasteiger partial charge in [0.05, 0.1) is 11.9 Å². The van der Waals surface area contributed by atoms with Gasteiger partial charge in [-0.25, -0.2) is 9.78 Å². The van der Waals surface area contributed by atoms with Crippen molar-refractivity contribution >= 4 is 17.4 Å². The summed E-state index contributed by atoms with van der Waals surface area (Å²) in [6.45, 7) is 1.97. The van der Waals surface area contributed by atoms with Crippen molar-refractivity contribution in [2.24, 2.45) is 0 Å². The van der Waals surface area contributed by atoms with E-state index in [4.69, 9.17) is 0 Å². The third kappa shape index (κ3) is 3.26. The molecule has 0 unspecified atom stereocenters. The van der Waals surface area contributed by atoms with Crippen LogP contribution in [0.5, 0.6) is 0 Å². The second-order valence-corrected chi connectivity index (χ2v) is 4.72. The molecule has 0 saturated carbocycles. The maximum atomic E-state index is 11.9. The fourth-order valence-electron chi connectivity index (χ4n) is 1.95. The first-order chi connectivity index (χ1) is 10.7. The minimum Gasteiger partial charge on any atom is -0.308 e. The van der Waals surface area contributed by atoms with E-state index in [1.807, 2.05) is 31.2 Å². The molecule has 0 atom stereocenters. The highest BCUT2D eigenvalue weighted by molar-refractivity contribution is 5.99. The number of anilines is 2. The Morgan fingerprint density at radius 1 is 1.05 bits per heavy atom. The topological polar surface area (TPSA) is 84.7 Å². The minimum absolute atomic E-state index is 0.315. The number of hydrogen-bond acceptors (Lipinski definition) is 4. The van der Waals surface area contributed by atoms with E-state index in [0.29, 0.717) is 11.5 Å². The molecular formula is C15H14N6O. The number of nitrogens with zero attached hydrogens (tertiary/aromatic N) is 4. The van der Waals surface area contributed by atoms with Crippen LogP contribution in [0.15, 0.2) is 55.2 Å². The summed E-state index contributed by atoms with van der Waals surface area (Å²) in [4.78, 5) is 16.2. The summed E-state index contributed by atoms with van der Waals surface area (Å²) in [5, 5.41) is 12.9. The molecule has 3 rings (SSSR count). The number of carbonyl (C=O) groups is 1. The molecule has 3 aromatic rings. The fourth-order valence-corrected chi connectivity index (χ4v) is 1.95. The smallest absolute Gasteiger partial charge is 0.308 e. The van der Waals surface area contributed by atoms with Crippen molar-refractivity contribution in [3.63, 3.8) is 0 Å². The van der Waals surface area contributed by atoms with Crippen molar-refractivity contribution in [3.05, 3.63) is 60.8 Å². The number of urea groups is 1. The van der Waals surface area contributed by atoms with Crippen LogP contribution in [0, 0.1) is 6.92 Å². The maximum absolute atomic E-state index is 11.9. The Kier molecular flexibility index (Phi) is 3.78. The predicted molar refractivity (Wildman–Crippen MR) is 83.0 cm³/mol. The molecule has 2 aromatic heterocycles. The molecule has 22 heavy (non-hydrogen) atoms. The number of benzene rings is 1. The Hall–Kier alpha value is -3.22. The Morgan fingerprint density at radius 2 is 1.82 bits per heavy atom. The summed E-state index contributed by atoms with van der Waals surface area (Å²) < 4.78 is 1.68. The first kappa shape index (κ1) is 13.7. The van der Waals surface area contributed by atoms with Gasteiger partial charge < -0.3 is 10.6 Å². The molecule has 0 aliphatic rings. The van der Waals surface area contributed by atoms with Crippen molar-refractivity contribution in [1.29, 1.82) is 0 Å². The van der Waals surface area contributed by atoms with Crippen molar-refractivity contribution in [2.75, 3.05) is 10.6 Å². The lowest BCUT2D eigenvalue weighted by molar-refractivity contribution is 0.262. The van der Waals surface area contributed by atoms with Gasteiger partial charge in [0.2, 0.25) is 0 Å². The number of carbonyl (C=O) groups excluding carboxylic acids is 1. The highest BCUT2D eigenvalue weighted by Crippen LogP contribution is 2.12. The molecule has 0 spiro atoms. The van der Waals surface area contributed by atoms with E-state index in [1.54, 1.807) is 35.6 Å². The highest BCUT2D eigenvalue weighted by atomic mass is 16.2. The average Bonchev–Trinajstić information content (AvgIpc) is 3.02. The number of hydrogen-bond donors (Lipinski definition) is 2. The molecule has 2 amide bonds. The molecule has 1 aromatic carbocycles. The lowest BCUT2D eigenvalue weighted by Crippen LogP contribution is -2.19. The molecule has 7 heteroatoms. The van der Waals surface area contributed by atoms with E-state index in [9.17, 15) is 4.79 Å². The van der Waals surface area contributed by atoms with Gasteiger partial charge in [-0.2, -0.15) is 0 Å². The molecule has 0 radical (unpaired) electrons. The van der Waals surface area contributed by atoms with Crippen LogP contribution in [-0.2, 0) is 0 Å². The zero-order valence-corrected chi connectivity index (χ0v) is 11.9. The monoisotopic (exact) mass is 294 g/mol. The zero-order valence-electron chi connectivity index (χ0n) is 11.9. The van der Waals surface area contributed by atoms with Crippen molar-refractivity contribution < 1.29 is 4.79 Å². The van der Waals surface area contributed by atoms with Gasteiger partial charge in [-0.15, -0.1) is 10.2 Å². The average molecular weight is 294 g/mol. The van der Waals surface area contributed by atoms with Gasteiger partial charge in [0, 0.05) is 5.69 Å². The molecule has 7 nitrogen and oxygen atoms in total. The van der Waals surface area contributed by atoms with E-state index < -0.39 is 0 Å². The Bertz CT molecular complexity index is 767. The Labute approximate surface area is 127 Å². The molecule has 110 valence electrons. The number of aromatic nitrogens is 4. The summed E-state index contributed by atoms with van der Waals surface area (Å²) in [5.41, 5.74) is 2.42. The van der Waals surface area contributed by atoms with Crippen LogP contribution < -0.4 is 10.6 Å². The van der Waals surface area contributed by atoms with Crippen LogP contribution >= 0.6 is 0 Å². The minimum atomic E-state index is -0.315. The van der Waals surface area contributed by atoms with Crippen LogP contribution in [0.3, 0.4) is 0 Å². The van der Waals surface area contributed by atoms with Gasteiger partial charge in [-0.05, 0) is 36.8 Å². The molecule has 0 fully saturated rings. The van der Waals surface area contributed by atoms with Gasteiger partial charge in [0.1, 0.15) is 18.5 Å². The predicted octanol–water partition coefficient (Wildman–Crippen LogP) is 2.61. The third-order valence-corrected chi connectivity index (χ3v) is 2.96. The Balaban J connectivity index is 1.64. The van der Waals surface area contributed by atoms with Gasteiger partial charge in [0.15, 0.2) is 0 Å². The summed E-state index contributed by atoms with van der Waals surface area (Å²) in [5.74, 6) is 0.676. The second-order valence-electron chi connectivity index (χ2n) is 4.72. The summed E-state index contributed by atoms with van der Waals surface area (Å²) in [7, 11) is 0. The van der Waals surface area contributed by atoms with Crippen molar-refractivity contribution in [3.8, 4) is 5.82 Å². The molecule has 2 heterocycles. The van der Waals surface area contributed by atoms with Gasteiger partial charge in [-0.3, -0.25) is 4.57 Å². The SMILES string of the molecule is Cc1cccc(NC(=O)Nc2ccc(-n3cnnc3)nc2)c1. The molecule has 2 N–H and O–H groups in total. The van der Waals surface area contributed by atoms with Crippen molar-refractivity contribution in [2.45, 2.75) is 6.92 Å². The number of rotatable bonds is 3. The van der Waals surface area contributed by atoms with Gasteiger partial charge in [-0.1, -0.05) is 12.1 Å². The largest absolute Gasteiger partial charge is 0.323 e. The first-order valence-corrected chi connectivity index (χ1v) is 6.66.